The van der Waals surface area contributed by atoms with Gasteiger partial charge in [-0.15, -0.1) is 0 Å². The van der Waals surface area contributed by atoms with Gasteiger partial charge in [-0.3, -0.25) is 9.97 Å². The largest absolute Gasteiger partial charge is 0.264 e. The molecule has 0 saturated heterocycles. The van der Waals surface area contributed by atoms with Crippen molar-refractivity contribution in [3.63, 3.8) is 0 Å². The predicted octanol–water partition coefficient (Wildman–Crippen LogP) is 15.3. The summed E-state index contributed by atoms with van der Waals surface area (Å²) in [5.74, 6) is 0. The zero-order chi connectivity index (χ0) is 44.6. The van der Waals surface area contributed by atoms with Gasteiger partial charge in [0, 0.05) is 47.0 Å². The van der Waals surface area contributed by atoms with E-state index in [0.29, 0.717) is 0 Å². The molecule has 0 radical (unpaired) electrons. The Kier molecular flexibility index (Phi) is 10.0. The molecule has 4 aromatic heterocycles. The Morgan fingerprint density at radius 2 is 0.672 bits per heavy atom. The van der Waals surface area contributed by atoms with Gasteiger partial charge in [0.05, 0.1) is 28.2 Å². The smallest absolute Gasteiger partial charge is 0.0725 e. The first kappa shape index (κ1) is 39.7. The lowest BCUT2D eigenvalue weighted by Crippen LogP contribution is -2.28. The van der Waals surface area contributed by atoms with Crippen LogP contribution in [0.5, 0.6) is 0 Å². The van der Waals surface area contributed by atoms with Gasteiger partial charge < -0.3 is 0 Å². The molecule has 4 heterocycles. The van der Waals surface area contributed by atoms with Crippen LogP contribution in [0.2, 0.25) is 0 Å². The third-order valence-electron chi connectivity index (χ3n) is 13.1. The molecule has 4 heteroatoms. The van der Waals surface area contributed by atoms with Crippen molar-refractivity contribution in [3.05, 3.63) is 278 Å². The van der Waals surface area contributed by atoms with E-state index in [1.54, 1.807) is 12.4 Å². The van der Waals surface area contributed by atoms with Crippen LogP contribution < -0.4 is 0 Å². The van der Waals surface area contributed by atoms with Gasteiger partial charge in [0.25, 0.3) is 0 Å². The normalized spacial score (nSPS) is 12.3. The summed E-state index contributed by atoms with van der Waals surface area (Å²) >= 11 is 0. The van der Waals surface area contributed by atoms with Gasteiger partial charge in [0.15, 0.2) is 0 Å². The Morgan fingerprint density at radius 3 is 1.21 bits per heavy atom. The number of benzene rings is 7. The third kappa shape index (κ3) is 7.13. The van der Waals surface area contributed by atoms with E-state index in [0.717, 1.165) is 72.8 Å². The highest BCUT2D eigenvalue weighted by molar-refractivity contribution is 5.97. The number of pyridine rings is 4. The molecule has 0 bridgehead atoms. The molecular weight excluding hydrogens is 813 g/mol. The number of hydrogen-bond acceptors (Lipinski definition) is 4. The zero-order valence-corrected chi connectivity index (χ0v) is 36.5. The number of aromatic nitrogens is 4. The molecule has 12 rings (SSSR count). The van der Waals surface area contributed by atoms with Crippen LogP contribution in [0.3, 0.4) is 0 Å². The fourth-order valence-corrected chi connectivity index (χ4v) is 10.1. The molecular formula is C63H42N4. The van der Waals surface area contributed by atoms with E-state index >= 15 is 0 Å². The molecule has 0 N–H and O–H groups in total. The summed E-state index contributed by atoms with van der Waals surface area (Å²) in [4.78, 5) is 18.9. The van der Waals surface area contributed by atoms with Crippen LogP contribution in [0, 0.1) is 0 Å². The van der Waals surface area contributed by atoms with E-state index in [9.17, 15) is 0 Å². The van der Waals surface area contributed by atoms with Gasteiger partial charge >= 0.3 is 0 Å². The summed E-state index contributed by atoms with van der Waals surface area (Å²) in [6.07, 6.45) is 7.30. The molecule has 7 aromatic carbocycles. The summed E-state index contributed by atoms with van der Waals surface area (Å²) in [6.45, 7) is 0. The topological polar surface area (TPSA) is 51.6 Å². The van der Waals surface area contributed by atoms with Crippen LogP contribution in [0.25, 0.3) is 89.5 Å². The fraction of sp³-hybridized carbons (Fsp3) is 0.0159. The SMILES string of the molecule is c1ccc(C2(c3ccccc3)c3ccccc3-c3c(-c4cc(-c5cccc(-c6cccc(-c7cccnc7)n6)c5)cc(-c5cccc(-c6cccc(-c7cccnc7)n6)c5)c4)cccc32)cc1. The van der Waals surface area contributed by atoms with E-state index in [-0.39, 0.29) is 0 Å². The van der Waals surface area contributed by atoms with Gasteiger partial charge in [-0.05, 0) is 146 Å². The maximum absolute atomic E-state index is 5.12. The van der Waals surface area contributed by atoms with Crippen molar-refractivity contribution in [2.24, 2.45) is 0 Å². The zero-order valence-electron chi connectivity index (χ0n) is 36.5. The number of fused-ring (bicyclic) bond motifs is 3. The number of rotatable bonds is 9. The van der Waals surface area contributed by atoms with Crippen molar-refractivity contribution in [2.75, 3.05) is 0 Å². The van der Waals surface area contributed by atoms with Gasteiger partial charge in [-0.2, -0.15) is 0 Å². The molecule has 0 saturated carbocycles. The van der Waals surface area contributed by atoms with Gasteiger partial charge in [-0.25, -0.2) is 9.97 Å². The van der Waals surface area contributed by atoms with Crippen LogP contribution in [0.4, 0.5) is 0 Å². The molecule has 0 aliphatic heterocycles. The molecule has 1 aliphatic carbocycles. The summed E-state index contributed by atoms with van der Waals surface area (Å²) in [5, 5.41) is 0. The highest BCUT2D eigenvalue weighted by atomic mass is 14.7. The number of hydrogen-bond donors (Lipinski definition) is 0. The number of nitrogens with zero attached hydrogens (tertiary/aromatic N) is 4. The maximum atomic E-state index is 5.12. The quantitative estimate of drug-likeness (QED) is 0.145. The Hall–Kier alpha value is -8.86. The van der Waals surface area contributed by atoms with E-state index in [1.165, 1.54) is 38.9 Å². The Balaban J connectivity index is 1.06. The monoisotopic (exact) mass is 854 g/mol. The molecule has 0 unspecified atom stereocenters. The molecule has 314 valence electrons. The molecule has 0 fully saturated rings. The first-order chi connectivity index (χ1) is 33.2. The summed E-state index contributed by atoms with van der Waals surface area (Å²) < 4.78 is 0. The lowest BCUT2D eigenvalue weighted by molar-refractivity contribution is 0.768. The van der Waals surface area contributed by atoms with Crippen LogP contribution >= 0.6 is 0 Å². The van der Waals surface area contributed by atoms with Crippen molar-refractivity contribution in [1.82, 2.24) is 19.9 Å². The summed E-state index contributed by atoms with van der Waals surface area (Å²) in [5.41, 5.74) is 21.4. The second-order valence-corrected chi connectivity index (χ2v) is 17.0. The van der Waals surface area contributed by atoms with Crippen LogP contribution in [0.1, 0.15) is 22.3 Å². The van der Waals surface area contributed by atoms with Crippen molar-refractivity contribution < 1.29 is 0 Å². The van der Waals surface area contributed by atoms with Crippen molar-refractivity contribution in [2.45, 2.75) is 5.41 Å². The third-order valence-corrected chi connectivity index (χ3v) is 13.1. The highest BCUT2D eigenvalue weighted by Crippen LogP contribution is 2.58. The van der Waals surface area contributed by atoms with Gasteiger partial charge in [0.1, 0.15) is 0 Å². The summed E-state index contributed by atoms with van der Waals surface area (Å²) in [6, 6.07) is 82.9. The van der Waals surface area contributed by atoms with Crippen LogP contribution in [0.15, 0.2) is 255 Å². The maximum Gasteiger partial charge on any atom is 0.0725 e. The van der Waals surface area contributed by atoms with E-state index in [1.807, 2.05) is 48.8 Å². The molecule has 1 aliphatic rings. The molecule has 11 aromatic rings. The minimum Gasteiger partial charge on any atom is -0.264 e. The van der Waals surface area contributed by atoms with E-state index < -0.39 is 5.41 Å². The van der Waals surface area contributed by atoms with Gasteiger partial charge in [0.2, 0.25) is 0 Å². The van der Waals surface area contributed by atoms with E-state index in [4.69, 9.17) is 9.97 Å². The minimum atomic E-state index is -0.512. The Labute approximate surface area is 390 Å². The first-order valence-corrected chi connectivity index (χ1v) is 22.7. The first-order valence-electron chi connectivity index (χ1n) is 22.7. The molecule has 4 nitrogen and oxygen atoms in total. The Bertz CT molecular complexity index is 3390. The lowest BCUT2D eigenvalue weighted by atomic mass is 9.67. The summed E-state index contributed by atoms with van der Waals surface area (Å²) in [7, 11) is 0. The molecule has 0 atom stereocenters. The molecule has 0 amide bonds. The van der Waals surface area contributed by atoms with Crippen LogP contribution in [-0.4, -0.2) is 19.9 Å². The minimum absolute atomic E-state index is 0.512. The molecule has 67 heavy (non-hydrogen) atoms. The van der Waals surface area contributed by atoms with Gasteiger partial charge in [-0.1, -0.05) is 152 Å². The average molecular weight is 855 g/mol. The van der Waals surface area contributed by atoms with Crippen molar-refractivity contribution in [1.29, 1.82) is 0 Å². The van der Waals surface area contributed by atoms with Crippen LogP contribution in [-0.2, 0) is 5.41 Å². The second kappa shape index (κ2) is 16.9. The van der Waals surface area contributed by atoms with E-state index in [2.05, 4.69) is 204 Å². The predicted molar refractivity (Wildman–Crippen MR) is 273 cm³/mol. The standard InChI is InChI=1S/C63H42N4/c1-3-22-52(23-4-1)63(53-24-5-2-6-25-53)56-28-8-7-26-55(56)62-54(27-11-29-57(62)63)51-39-49(43-16-9-18-45(36-43)58-30-12-32-60(66-58)47-20-14-34-64-41-47)38-50(40-51)44-17-10-19-46(37-44)59-31-13-33-61(67-59)48-21-15-35-65-42-48/h1-42H. The highest BCUT2D eigenvalue weighted by Gasteiger charge is 2.46. The average Bonchev–Trinajstić information content (AvgIpc) is 3.73. The van der Waals surface area contributed by atoms with Crippen molar-refractivity contribution in [3.8, 4) is 89.5 Å². The lowest BCUT2D eigenvalue weighted by Gasteiger charge is -2.34. The Morgan fingerprint density at radius 1 is 0.269 bits per heavy atom. The fourth-order valence-electron chi connectivity index (χ4n) is 10.1. The molecule has 0 spiro atoms. The van der Waals surface area contributed by atoms with Crippen molar-refractivity contribution >= 4 is 0 Å². The second-order valence-electron chi connectivity index (χ2n) is 17.0.